The van der Waals surface area contributed by atoms with E-state index in [1.165, 1.54) is 22.3 Å². The molecule has 12 heteroatoms. The average Bonchev–Trinajstić information content (AvgIpc) is 3.29. The van der Waals surface area contributed by atoms with E-state index < -0.39 is 35.9 Å². The fourth-order valence-corrected chi connectivity index (χ4v) is 3.78. The summed E-state index contributed by atoms with van der Waals surface area (Å²) in [6.07, 6.45) is -3.76. The van der Waals surface area contributed by atoms with Gasteiger partial charge in [-0.25, -0.2) is 4.98 Å². The van der Waals surface area contributed by atoms with E-state index in [0.29, 0.717) is 29.9 Å². The van der Waals surface area contributed by atoms with Crippen molar-refractivity contribution in [1.29, 1.82) is 0 Å². The number of ether oxygens (including phenoxy) is 1. The summed E-state index contributed by atoms with van der Waals surface area (Å²) < 4.78 is 44.0. The van der Waals surface area contributed by atoms with Crippen molar-refractivity contribution in [2.75, 3.05) is 23.4 Å². The number of carbonyl (C=O) groups excluding carboxylic acids is 3. The van der Waals surface area contributed by atoms with Crippen LogP contribution >= 0.6 is 22.9 Å². The third-order valence-electron chi connectivity index (χ3n) is 4.09. The number of alkyl halides is 3. The minimum Gasteiger partial charge on any atom is -0.455 e. The van der Waals surface area contributed by atoms with Gasteiger partial charge in [-0.05, 0) is 24.6 Å². The summed E-state index contributed by atoms with van der Waals surface area (Å²) in [5, 5.41) is 4.01. The maximum atomic E-state index is 13.0. The van der Waals surface area contributed by atoms with Gasteiger partial charge < -0.3 is 10.1 Å². The summed E-state index contributed by atoms with van der Waals surface area (Å²) >= 11 is 6.79. The van der Waals surface area contributed by atoms with Crippen LogP contribution in [0.25, 0.3) is 0 Å². The maximum absolute atomic E-state index is 13.0. The first-order valence-corrected chi connectivity index (χ1v) is 9.96. The molecule has 0 radical (unpaired) electrons. The number of anilines is 2. The first kappa shape index (κ1) is 22.0. The Morgan fingerprint density at radius 1 is 1.33 bits per heavy atom. The zero-order chi connectivity index (χ0) is 21.9. The fraction of sp³-hybridized carbons (Fsp3) is 0.333. The molecule has 0 unspecified atom stereocenters. The lowest BCUT2D eigenvalue weighted by Crippen LogP contribution is -2.24. The first-order chi connectivity index (χ1) is 14.1. The van der Waals surface area contributed by atoms with Crippen molar-refractivity contribution < 1.29 is 32.3 Å². The molecule has 2 amide bonds. The van der Waals surface area contributed by atoms with E-state index in [0.717, 1.165) is 12.5 Å². The quantitative estimate of drug-likeness (QED) is 0.663. The van der Waals surface area contributed by atoms with Gasteiger partial charge in [-0.2, -0.15) is 13.2 Å². The summed E-state index contributed by atoms with van der Waals surface area (Å²) in [6.45, 7) is -0.193. The van der Waals surface area contributed by atoms with Gasteiger partial charge in [-0.15, -0.1) is 11.3 Å². The number of nitrogens with one attached hydrogen (secondary N) is 1. The highest BCUT2D eigenvalue weighted by atomic mass is 35.5. The lowest BCUT2D eigenvalue weighted by Gasteiger charge is -2.14. The molecule has 1 aromatic heterocycles. The number of esters is 1. The molecule has 0 saturated carbocycles. The lowest BCUT2D eigenvalue weighted by atomic mass is 10.1. The number of amides is 2. The normalized spacial score (nSPS) is 14.1. The predicted molar refractivity (Wildman–Crippen MR) is 103 cm³/mol. The number of hydrogen-bond acceptors (Lipinski definition) is 6. The van der Waals surface area contributed by atoms with Gasteiger partial charge in [0.2, 0.25) is 5.91 Å². The molecule has 1 saturated heterocycles. The summed E-state index contributed by atoms with van der Waals surface area (Å²) in [4.78, 5) is 41.3. The Balaban J connectivity index is 1.53. The maximum Gasteiger partial charge on any atom is 0.418 e. The van der Waals surface area contributed by atoms with Crippen molar-refractivity contribution in [2.24, 2.45) is 0 Å². The number of benzene rings is 1. The van der Waals surface area contributed by atoms with Crippen LogP contribution in [-0.4, -0.2) is 35.9 Å². The minimum atomic E-state index is -4.72. The van der Waals surface area contributed by atoms with Crippen LogP contribution in [-0.2, 0) is 31.7 Å². The molecule has 0 spiro atoms. The van der Waals surface area contributed by atoms with E-state index in [2.05, 4.69) is 10.3 Å². The first-order valence-electron chi connectivity index (χ1n) is 8.70. The molecule has 0 atom stereocenters. The van der Waals surface area contributed by atoms with E-state index in [9.17, 15) is 27.6 Å². The molecule has 30 heavy (non-hydrogen) atoms. The number of hydrogen-bond donors (Lipinski definition) is 1. The van der Waals surface area contributed by atoms with E-state index >= 15 is 0 Å². The average molecular weight is 462 g/mol. The zero-order valence-electron chi connectivity index (χ0n) is 15.3. The molecule has 7 nitrogen and oxygen atoms in total. The molecule has 1 aliphatic rings. The SMILES string of the molecule is O=C(COC(=O)Cc1csc(N2CCCC2=O)n1)Nc1ccc(Cl)cc1C(F)(F)F. The van der Waals surface area contributed by atoms with Crippen LogP contribution < -0.4 is 10.2 Å². The van der Waals surface area contributed by atoms with Crippen molar-refractivity contribution in [1.82, 2.24) is 4.98 Å². The van der Waals surface area contributed by atoms with Gasteiger partial charge in [0.1, 0.15) is 0 Å². The Kier molecular flexibility index (Phi) is 6.61. The number of halogens is 4. The highest BCUT2D eigenvalue weighted by Gasteiger charge is 2.34. The topological polar surface area (TPSA) is 88.6 Å². The van der Waals surface area contributed by atoms with Crippen molar-refractivity contribution in [3.05, 3.63) is 39.9 Å². The molecular formula is C18H15ClF3N3O4S. The smallest absolute Gasteiger partial charge is 0.418 e. The van der Waals surface area contributed by atoms with Gasteiger partial charge in [0.05, 0.1) is 23.4 Å². The second kappa shape index (κ2) is 9.00. The Morgan fingerprint density at radius 2 is 2.10 bits per heavy atom. The number of rotatable bonds is 6. The molecule has 3 rings (SSSR count). The van der Waals surface area contributed by atoms with Crippen LogP contribution in [0.4, 0.5) is 24.0 Å². The van der Waals surface area contributed by atoms with E-state index in [4.69, 9.17) is 16.3 Å². The third kappa shape index (κ3) is 5.48. The highest BCUT2D eigenvalue weighted by molar-refractivity contribution is 7.14. The Bertz CT molecular complexity index is 980. The number of nitrogens with zero attached hydrogens (tertiary/aromatic N) is 2. The monoisotopic (exact) mass is 461 g/mol. The molecule has 1 aliphatic heterocycles. The standard InChI is InChI=1S/C18H15ClF3N3O4S/c19-10-3-4-13(12(6-10)18(20,21)22)24-14(26)8-29-16(28)7-11-9-30-17(23-11)25-5-1-2-15(25)27/h3-4,6,9H,1-2,5,7-8H2,(H,24,26). The molecule has 0 bridgehead atoms. The molecule has 160 valence electrons. The third-order valence-corrected chi connectivity index (χ3v) is 5.24. The summed E-state index contributed by atoms with van der Waals surface area (Å²) in [5.41, 5.74) is -1.23. The zero-order valence-corrected chi connectivity index (χ0v) is 16.9. The van der Waals surface area contributed by atoms with Gasteiger partial charge in [0, 0.05) is 23.4 Å². The second-order valence-corrected chi connectivity index (χ2v) is 7.62. The molecule has 2 aromatic rings. The fourth-order valence-electron chi connectivity index (χ4n) is 2.74. The van der Waals surface area contributed by atoms with E-state index in [-0.39, 0.29) is 17.4 Å². The van der Waals surface area contributed by atoms with Gasteiger partial charge in [0.25, 0.3) is 5.91 Å². The Hall–Kier alpha value is -2.66. The summed E-state index contributed by atoms with van der Waals surface area (Å²) in [7, 11) is 0. The molecular weight excluding hydrogens is 447 g/mol. The number of thiazole rings is 1. The van der Waals surface area contributed by atoms with Crippen molar-refractivity contribution in [3.8, 4) is 0 Å². The molecule has 1 aromatic carbocycles. The van der Waals surface area contributed by atoms with Crippen molar-refractivity contribution in [3.63, 3.8) is 0 Å². The van der Waals surface area contributed by atoms with Gasteiger partial charge >= 0.3 is 12.1 Å². The van der Waals surface area contributed by atoms with E-state index in [1.54, 1.807) is 5.38 Å². The lowest BCUT2D eigenvalue weighted by molar-refractivity contribution is -0.146. The van der Waals surface area contributed by atoms with Crippen molar-refractivity contribution in [2.45, 2.75) is 25.4 Å². The van der Waals surface area contributed by atoms with Crippen LogP contribution in [0.2, 0.25) is 5.02 Å². The van der Waals surface area contributed by atoms with Crippen LogP contribution in [0.5, 0.6) is 0 Å². The number of carbonyl (C=O) groups is 3. The van der Waals surface area contributed by atoms with Crippen LogP contribution in [0.1, 0.15) is 24.1 Å². The molecule has 0 aliphatic carbocycles. The largest absolute Gasteiger partial charge is 0.455 e. The minimum absolute atomic E-state index is 0.0319. The molecule has 1 fully saturated rings. The van der Waals surface area contributed by atoms with Gasteiger partial charge in [-0.1, -0.05) is 11.6 Å². The summed E-state index contributed by atoms with van der Waals surface area (Å²) in [5.74, 6) is -1.74. The second-order valence-electron chi connectivity index (χ2n) is 6.34. The van der Waals surface area contributed by atoms with Gasteiger partial charge in [0.15, 0.2) is 11.7 Å². The predicted octanol–water partition coefficient (Wildman–Crippen LogP) is 3.67. The Labute approximate surface area is 177 Å². The summed E-state index contributed by atoms with van der Waals surface area (Å²) in [6, 6.07) is 2.90. The molecule has 2 heterocycles. The van der Waals surface area contributed by atoms with Gasteiger partial charge in [-0.3, -0.25) is 19.3 Å². The van der Waals surface area contributed by atoms with Crippen LogP contribution in [0.15, 0.2) is 23.6 Å². The molecule has 1 N–H and O–H groups in total. The van der Waals surface area contributed by atoms with Crippen LogP contribution in [0.3, 0.4) is 0 Å². The van der Waals surface area contributed by atoms with Crippen molar-refractivity contribution >= 4 is 51.5 Å². The number of aromatic nitrogens is 1. The van der Waals surface area contributed by atoms with Crippen LogP contribution in [0, 0.1) is 0 Å². The van der Waals surface area contributed by atoms with E-state index in [1.807, 2.05) is 0 Å². The Morgan fingerprint density at radius 3 is 2.77 bits per heavy atom. The highest BCUT2D eigenvalue weighted by Crippen LogP contribution is 2.36.